The summed E-state index contributed by atoms with van der Waals surface area (Å²) in [6.45, 7) is 14.9. The van der Waals surface area contributed by atoms with Crippen LogP contribution < -0.4 is 0 Å². The molecule has 0 N–H and O–H groups in total. The Kier molecular flexibility index (Phi) is 7.68. The van der Waals surface area contributed by atoms with Crippen LogP contribution in [0.15, 0.2) is 24.3 Å². The molecule has 5 heteroatoms. The van der Waals surface area contributed by atoms with Crippen LogP contribution in [0.2, 0.25) is 0 Å². The van der Waals surface area contributed by atoms with Gasteiger partial charge in [0.25, 0.3) is 5.91 Å². The maximum absolute atomic E-state index is 13.2. The van der Waals surface area contributed by atoms with Gasteiger partial charge >= 0.3 is 0 Å². The molecule has 0 spiro atoms. The maximum Gasteiger partial charge on any atom is 0.253 e. The summed E-state index contributed by atoms with van der Waals surface area (Å²) in [7, 11) is 0. The molecule has 5 nitrogen and oxygen atoms in total. The summed E-state index contributed by atoms with van der Waals surface area (Å²) in [6.07, 6.45) is 5.60. The van der Waals surface area contributed by atoms with Gasteiger partial charge in [-0.25, -0.2) is 0 Å². The fourth-order valence-corrected chi connectivity index (χ4v) is 5.62. The zero-order chi connectivity index (χ0) is 21.8. The van der Waals surface area contributed by atoms with Crippen LogP contribution in [0.4, 0.5) is 0 Å². The predicted octanol–water partition coefficient (Wildman–Crippen LogP) is 3.88. The van der Waals surface area contributed by atoms with Crippen molar-refractivity contribution in [1.82, 2.24) is 14.7 Å². The Morgan fingerprint density at radius 2 is 1.58 bits per heavy atom. The van der Waals surface area contributed by atoms with Gasteiger partial charge in [0.05, 0.1) is 12.2 Å². The zero-order valence-electron chi connectivity index (χ0n) is 19.8. The van der Waals surface area contributed by atoms with E-state index in [0.29, 0.717) is 5.92 Å². The van der Waals surface area contributed by atoms with Gasteiger partial charge in [-0.3, -0.25) is 9.69 Å². The first-order chi connectivity index (χ1) is 15.0. The average molecular weight is 428 g/mol. The monoisotopic (exact) mass is 427 g/mol. The number of nitrogens with zero attached hydrogens (tertiary/aromatic N) is 3. The standard InChI is InChI=1S/C26H41N3O2/c1-20-10-13-27(14-11-20)18-24-5-4-12-29(19-24)26(30)25-8-6-23(7-9-25)17-28-15-21(2)31-22(3)16-28/h6-9,20-22,24H,4-5,10-19H2,1-3H3. The van der Waals surface area contributed by atoms with Crippen LogP contribution in [-0.2, 0) is 11.3 Å². The molecule has 1 amide bonds. The lowest BCUT2D eigenvalue weighted by atomic mass is 9.94. The minimum absolute atomic E-state index is 0.206. The van der Waals surface area contributed by atoms with E-state index >= 15 is 0 Å². The van der Waals surface area contributed by atoms with Crippen molar-refractivity contribution in [2.24, 2.45) is 11.8 Å². The van der Waals surface area contributed by atoms with Crippen LogP contribution in [0.25, 0.3) is 0 Å². The summed E-state index contributed by atoms with van der Waals surface area (Å²) >= 11 is 0. The van der Waals surface area contributed by atoms with Crippen molar-refractivity contribution >= 4 is 5.91 Å². The van der Waals surface area contributed by atoms with Crippen molar-refractivity contribution in [2.75, 3.05) is 45.8 Å². The minimum atomic E-state index is 0.206. The Labute approximate surface area is 188 Å². The Hall–Kier alpha value is -1.43. The normalized spacial score (nSPS) is 29.3. The van der Waals surface area contributed by atoms with Gasteiger partial charge in [0.2, 0.25) is 0 Å². The lowest BCUT2D eigenvalue weighted by Gasteiger charge is -2.38. The largest absolute Gasteiger partial charge is 0.373 e. The van der Waals surface area contributed by atoms with Gasteiger partial charge in [-0.2, -0.15) is 0 Å². The van der Waals surface area contributed by atoms with E-state index in [1.165, 1.54) is 37.9 Å². The summed E-state index contributed by atoms with van der Waals surface area (Å²) in [5.74, 6) is 1.70. The quantitative estimate of drug-likeness (QED) is 0.715. The van der Waals surface area contributed by atoms with Gasteiger partial charge in [-0.1, -0.05) is 19.1 Å². The molecule has 0 aromatic heterocycles. The second-order valence-electron chi connectivity index (χ2n) is 10.4. The highest BCUT2D eigenvalue weighted by Crippen LogP contribution is 2.23. The molecule has 1 aromatic carbocycles. The molecule has 172 valence electrons. The molecule has 1 aromatic rings. The van der Waals surface area contributed by atoms with Crippen LogP contribution in [0.3, 0.4) is 0 Å². The van der Waals surface area contributed by atoms with Gasteiger partial charge in [0, 0.05) is 44.8 Å². The number of amides is 1. The summed E-state index contributed by atoms with van der Waals surface area (Å²) in [5.41, 5.74) is 2.11. The molecule has 3 fully saturated rings. The first-order valence-electron chi connectivity index (χ1n) is 12.4. The molecule has 0 aliphatic carbocycles. The number of carbonyl (C=O) groups excluding carboxylic acids is 1. The number of rotatable bonds is 5. The number of likely N-dealkylation sites (tertiary alicyclic amines) is 2. The number of piperidine rings is 2. The van der Waals surface area contributed by atoms with Crippen molar-refractivity contribution in [3.05, 3.63) is 35.4 Å². The molecule has 0 saturated carbocycles. The van der Waals surface area contributed by atoms with Crippen molar-refractivity contribution < 1.29 is 9.53 Å². The highest BCUT2D eigenvalue weighted by molar-refractivity contribution is 5.94. The Morgan fingerprint density at radius 3 is 2.26 bits per heavy atom. The molecule has 0 bridgehead atoms. The topological polar surface area (TPSA) is 36.0 Å². The SMILES string of the molecule is CC1CCN(CC2CCCN(C(=O)c3ccc(CN4CC(C)OC(C)C4)cc3)C2)CC1. The number of hydrogen-bond acceptors (Lipinski definition) is 4. The third kappa shape index (κ3) is 6.30. The van der Waals surface area contributed by atoms with E-state index in [2.05, 4.69) is 47.6 Å². The van der Waals surface area contributed by atoms with Crippen LogP contribution in [0.5, 0.6) is 0 Å². The van der Waals surface area contributed by atoms with Crippen molar-refractivity contribution in [3.8, 4) is 0 Å². The summed E-state index contributed by atoms with van der Waals surface area (Å²) < 4.78 is 5.84. The van der Waals surface area contributed by atoms with Gasteiger partial charge in [0.15, 0.2) is 0 Å². The average Bonchev–Trinajstić information content (AvgIpc) is 2.75. The molecule has 3 atom stereocenters. The molecule has 31 heavy (non-hydrogen) atoms. The van der Waals surface area contributed by atoms with Gasteiger partial charge < -0.3 is 14.5 Å². The smallest absolute Gasteiger partial charge is 0.253 e. The zero-order valence-corrected chi connectivity index (χ0v) is 19.8. The lowest BCUT2D eigenvalue weighted by molar-refractivity contribution is -0.0704. The second kappa shape index (κ2) is 10.5. The molecule has 4 rings (SSSR count). The van der Waals surface area contributed by atoms with Gasteiger partial charge in [0.1, 0.15) is 0 Å². The number of carbonyl (C=O) groups is 1. The number of ether oxygens (including phenoxy) is 1. The first-order valence-corrected chi connectivity index (χ1v) is 12.4. The first kappa shape index (κ1) is 22.8. The van der Waals surface area contributed by atoms with Gasteiger partial charge in [-0.05, 0) is 82.2 Å². The van der Waals surface area contributed by atoms with E-state index in [4.69, 9.17) is 4.74 Å². The molecule has 3 saturated heterocycles. The van der Waals surface area contributed by atoms with Crippen LogP contribution in [-0.4, -0.2) is 78.6 Å². The predicted molar refractivity (Wildman–Crippen MR) is 125 cm³/mol. The summed E-state index contributed by atoms with van der Waals surface area (Å²) in [4.78, 5) is 20.3. The maximum atomic E-state index is 13.2. The van der Waals surface area contributed by atoms with E-state index in [1.54, 1.807) is 0 Å². The summed E-state index contributed by atoms with van der Waals surface area (Å²) in [6, 6.07) is 8.32. The van der Waals surface area contributed by atoms with Gasteiger partial charge in [-0.15, -0.1) is 0 Å². The van der Waals surface area contributed by atoms with Crippen LogP contribution in [0.1, 0.15) is 62.4 Å². The molecule has 3 unspecified atom stereocenters. The van der Waals surface area contributed by atoms with Crippen LogP contribution >= 0.6 is 0 Å². The molecule has 3 aliphatic rings. The Morgan fingerprint density at radius 1 is 0.903 bits per heavy atom. The molecule has 3 heterocycles. The number of morpholine rings is 1. The molecule has 0 radical (unpaired) electrons. The van der Waals surface area contributed by atoms with Crippen LogP contribution in [0, 0.1) is 11.8 Å². The fraction of sp³-hybridized carbons (Fsp3) is 0.731. The van der Waals surface area contributed by atoms with E-state index in [9.17, 15) is 4.79 Å². The Bertz CT molecular complexity index is 704. The Balaban J connectivity index is 1.29. The fourth-order valence-electron chi connectivity index (χ4n) is 5.62. The number of hydrogen-bond donors (Lipinski definition) is 0. The van der Waals surface area contributed by atoms with Crippen molar-refractivity contribution in [2.45, 2.75) is 65.2 Å². The van der Waals surface area contributed by atoms with E-state index in [1.807, 2.05) is 12.1 Å². The van der Waals surface area contributed by atoms with E-state index in [-0.39, 0.29) is 18.1 Å². The van der Waals surface area contributed by atoms with Crippen molar-refractivity contribution in [1.29, 1.82) is 0 Å². The molecular formula is C26H41N3O2. The highest BCUT2D eigenvalue weighted by atomic mass is 16.5. The minimum Gasteiger partial charge on any atom is -0.373 e. The van der Waals surface area contributed by atoms with E-state index in [0.717, 1.165) is 57.2 Å². The van der Waals surface area contributed by atoms with Crippen molar-refractivity contribution in [3.63, 3.8) is 0 Å². The molecule has 3 aliphatic heterocycles. The second-order valence-corrected chi connectivity index (χ2v) is 10.4. The highest BCUT2D eigenvalue weighted by Gasteiger charge is 2.27. The molecular weight excluding hydrogens is 386 g/mol. The lowest BCUT2D eigenvalue weighted by Crippen LogP contribution is -2.45. The third-order valence-electron chi connectivity index (χ3n) is 7.30. The number of benzene rings is 1. The summed E-state index contributed by atoms with van der Waals surface area (Å²) in [5, 5.41) is 0. The third-order valence-corrected chi connectivity index (χ3v) is 7.30. The van der Waals surface area contributed by atoms with E-state index < -0.39 is 0 Å².